The van der Waals surface area contributed by atoms with Crippen molar-refractivity contribution < 1.29 is 4.39 Å². The van der Waals surface area contributed by atoms with Crippen molar-refractivity contribution in [3.05, 3.63) is 95.5 Å². The molecule has 0 radical (unpaired) electrons. The Balaban J connectivity index is 1.97. The van der Waals surface area contributed by atoms with Crippen LogP contribution in [0.15, 0.2) is 78.0 Å². The lowest BCUT2D eigenvalue weighted by atomic mass is 9.84. The molecule has 2 nitrogen and oxygen atoms in total. The van der Waals surface area contributed by atoms with Crippen LogP contribution in [0.4, 0.5) is 4.39 Å². The fourth-order valence-electron chi connectivity index (χ4n) is 2.60. The van der Waals surface area contributed by atoms with Crippen molar-refractivity contribution >= 4 is 5.71 Å². The van der Waals surface area contributed by atoms with Gasteiger partial charge >= 0.3 is 0 Å². The molecule has 0 unspecified atom stereocenters. The standard InChI is InChI=1S/C23H27FN2/c1-17-6-9-19(10-7-17)22(25-5)15-8-18(2)26-16-23(3,4)20-11-13-21(24)14-12-20/h6-15,26H,2,16H2,1,3-5H3/b15-8-,25-22+. The SMILES string of the molecule is C=C(/C=C\C(=N/C)c1ccc(C)cc1)NCC(C)(C)c1ccc(F)cc1. The zero-order valence-electron chi connectivity index (χ0n) is 16.0. The lowest BCUT2D eigenvalue weighted by Gasteiger charge is -2.26. The number of halogens is 1. The number of hydrogen-bond donors (Lipinski definition) is 1. The van der Waals surface area contributed by atoms with Crippen LogP contribution in [0.2, 0.25) is 0 Å². The van der Waals surface area contributed by atoms with Gasteiger partial charge in [0.15, 0.2) is 0 Å². The van der Waals surface area contributed by atoms with E-state index in [0.717, 1.165) is 22.5 Å². The molecule has 2 rings (SSSR count). The van der Waals surface area contributed by atoms with Gasteiger partial charge in [-0.05, 0) is 42.3 Å². The Morgan fingerprint density at radius 3 is 2.27 bits per heavy atom. The molecular formula is C23H27FN2. The molecule has 0 atom stereocenters. The van der Waals surface area contributed by atoms with E-state index >= 15 is 0 Å². The molecule has 0 amide bonds. The summed E-state index contributed by atoms with van der Waals surface area (Å²) in [6, 6.07) is 14.9. The summed E-state index contributed by atoms with van der Waals surface area (Å²) in [7, 11) is 1.79. The topological polar surface area (TPSA) is 24.4 Å². The van der Waals surface area contributed by atoms with Crippen LogP contribution >= 0.6 is 0 Å². The van der Waals surface area contributed by atoms with Gasteiger partial charge < -0.3 is 5.32 Å². The average molecular weight is 350 g/mol. The van der Waals surface area contributed by atoms with Crippen LogP contribution < -0.4 is 5.32 Å². The normalized spacial score (nSPS) is 12.4. The number of nitrogens with one attached hydrogen (secondary N) is 1. The summed E-state index contributed by atoms with van der Waals surface area (Å²) in [5, 5.41) is 3.35. The third-order valence-electron chi connectivity index (χ3n) is 4.41. The Kier molecular flexibility index (Phi) is 6.51. The second-order valence-electron chi connectivity index (χ2n) is 7.08. The van der Waals surface area contributed by atoms with Crippen LogP contribution in [-0.2, 0) is 5.41 Å². The Labute approximate surface area is 156 Å². The highest BCUT2D eigenvalue weighted by atomic mass is 19.1. The number of allylic oxidation sites excluding steroid dienone is 2. The molecule has 0 fully saturated rings. The van der Waals surface area contributed by atoms with Crippen molar-refractivity contribution in [1.29, 1.82) is 0 Å². The Morgan fingerprint density at radius 2 is 1.69 bits per heavy atom. The molecule has 0 bridgehead atoms. The smallest absolute Gasteiger partial charge is 0.123 e. The summed E-state index contributed by atoms with van der Waals surface area (Å²) in [5.41, 5.74) is 4.97. The van der Waals surface area contributed by atoms with Gasteiger partial charge in [0.1, 0.15) is 5.82 Å². The lowest BCUT2D eigenvalue weighted by molar-refractivity contribution is 0.497. The molecule has 0 aliphatic rings. The van der Waals surface area contributed by atoms with Crippen molar-refractivity contribution in [2.75, 3.05) is 13.6 Å². The first-order chi connectivity index (χ1) is 12.3. The number of rotatable bonds is 7. The Morgan fingerprint density at radius 1 is 1.08 bits per heavy atom. The Hall–Kier alpha value is -2.68. The zero-order chi connectivity index (χ0) is 19.2. The first kappa shape index (κ1) is 19.6. The molecule has 0 aliphatic carbocycles. The molecule has 0 saturated heterocycles. The van der Waals surface area contributed by atoms with Gasteiger partial charge in [-0.1, -0.05) is 62.4 Å². The first-order valence-corrected chi connectivity index (χ1v) is 8.72. The van der Waals surface area contributed by atoms with Crippen LogP contribution in [0, 0.1) is 12.7 Å². The molecule has 136 valence electrons. The molecule has 0 saturated carbocycles. The minimum atomic E-state index is -0.215. The van der Waals surface area contributed by atoms with Gasteiger partial charge in [0.2, 0.25) is 0 Å². The van der Waals surface area contributed by atoms with Crippen LogP contribution in [-0.4, -0.2) is 19.3 Å². The van der Waals surface area contributed by atoms with Gasteiger partial charge in [0.25, 0.3) is 0 Å². The minimum Gasteiger partial charge on any atom is -0.385 e. The largest absolute Gasteiger partial charge is 0.385 e. The summed E-state index contributed by atoms with van der Waals surface area (Å²) >= 11 is 0. The van der Waals surface area contributed by atoms with E-state index in [1.54, 1.807) is 7.05 Å². The van der Waals surface area contributed by atoms with E-state index < -0.39 is 0 Å². The third kappa shape index (κ3) is 5.41. The number of nitrogens with zero attached hydrogens (tertiary/aromatic N) is 1. The maximum absolute atomic E-state index is 13.1. The van der Waals surface area contributed by atoms with E-state index in [0.29, 0.717) is 6.54 Å². The second kappa shape index (κ2) is 8.61. The Bertz CT molecular complexity index is 797. The third-order valence-corrected chi connectivity index (χ3v) is 4.41. The van der Waals surface area contributed by atoms with Crippen LogP contribution in [0.3, 0.4) is 0 Å². The van der Waals surface area contributed by atoms with Crippen molar-refractivity contribution in [3.8, 4) is 0 Å². The average Bonchev–Trinajstić information content (AvgIpc) is 2.62. The monoisotopic (exact) mass is 350 g/mol. The highest BCUT2D eigenvalue weighted by Gasteiger charge is 2.20. The molecule has 26 heavy (non-hydrogen) atoms. The maximum Gasteiger partial charge on any atom is 0.123 e. The fourth-order valence-corrected chi connectivity index (χ4v) is 2.60. The molecular weight excluding hydrogens is 323 g/mol. The summed E-state index contributed by atoms with van der Waals surface area (Å²) in [6.07, 6.45) is 3.90. The van der Waals surface area contributed by atoms with Crippen molar-refractivity contribution in [2.24, 2.45) is 4.99 Å². The van der Waals surface area contributed by atoms with Crippen molar-refractivity contribution in [1.82, 2.24) is 5.32 Å². The van der Waals surface area contributed by atoms with E-state index in [9.17, 15) is 4.39 Å². The van der Waals surface area contributed by atoms with Crippen molar-refractivity contribution in [2.45, 2.75) is 26.2 Å². The van der Waals surface area contributed by atoms with Gasteiger partial charge in [-0.15, -0.1) is 0 Å². The summed E-state index contributed by atoms with van der Waals surface area (Å²) in [5.74, 6) is -0.215. The fraction of sp³-hybridized carbons (Fsp3) is 0.261. The molecule has 2 aromatic carbocycles. The maximum atomic E-state index is 13.1. The highest BCUT2D eigenvalue weighted by Crippen LogP contribution is 2.22. The first-order valence-electron chi connectivity index (χ1n) is 8.72. The van der Waals surface area contributed by atoms with Crippen molar-refractivity contribution in [3.63, 3.8) is 0 Å². The number of benzene rings is 2. The molecule has 0 heterocycles. The van der Waals surface area contributed by atoms with E-state index in [1.807, 2.05) is 24.3 Å². The van der Waals surface area contributed by atoms with Crippen LogP contribution in [0.5, 0.6) is 0 Å². The van der Waals surface area contributed by atoms with Gasteiger partial charge in [-0.25, -0.2) is 4.39 Å². The van der Waals surface area contributed by atoms with E-state index in [4.69, 9.17) is 0 Å². The van der Waals surface area contributed by atoms with E-state index in [-0.39, 0.29) is 11.2 Å². The minimum absolute atomic E-state index is 0.136. The van der Waals surface area contributed by atoms with Crippen LogP contribution in [0.1, 0.15) is 30.5 Å². The summed E-state index contributed by atoms with van der Waals surface area (Å²) in [4.78, 5) is 4.35. The summed E-state index contributed by atoms with van der Waals surface area (Å²) < 4.78 is 13.1. The van der Waals surface area contributed by atoms with Gasteiger partial charge in [-0.3, -0.25) is 4.99 Å². The molecule has 1 N–H and O–H groups in total. The van der Waals surface area contributed by atoms with Gasteiger partial charge in [-0.2, -0.15) is 0 Å². The number of hydrogen-bond acceptors (Lipinski definition) is 2. The van der Waals surface area contributed by atoms with Gasteiger partial charge in [0, 0.05) is 24.7 Å². The second-order valence-corrected chi connectivity index (χ2v) is 7.08. The molecule has 0 aromatic heterocycles. The number of aliphatic imine (C=N–C) groups is 1. The zero-order valence-corrected chi connectivity index (χ0v) is 16.0. The molecule has 0 aliphatic heterocycles. The predicted octanol–water partition coefficient (Wildman–Crippen LogP) is 5.19. The van der Waals surface area contributed by atoms with E-state index in [2.05, 4.69) is 61.9 Å². The highest BCUT2D eigenvalue weighted by molar-refractivity contribution is 6.08. The van der Waals surface area contributed by atoms with Gasteiger partial charge in [0.05, 0.1) is 5.71 Å². The van der Waals surface area contributed by atoms with Crippen LogP contribution in [0.25, 0.3) is 0 Å². The van der Waals surface area contributed by atoms with E-state index in [1.165, 1.54) is 17.7 Å². The molecule has 2 aromatic rings. The lowest BCUT2D eigenvalue weighted by Crippen LogP contribution is -2.32. The molecule has 0 spiro atoms. The summed E-state index contributed by atoms with van der Waals surface area (Å²) in [6.45, 7) is 11.1. The molecule has 3 heteroatoms. The predicted molar refractivity (Wildman–Crippen MR) is 109 cm³/mol. The quantitative estimate of drug-likeness (QED) is 0.539. The number of aryl methyl sites for hydroxylation is 1.